The predicted molar refractivity (Wildman–Crippen MR) is 82.8 cm³/mol. The second kappa shape index (κ2) is 6.28. The molecule has 1 heterocycles. The van der Waals surface area contributed by atoms with Crippen LogP contribution in [-0.2, 0) is 16.0 Å². The molecule has 0 aliphatic rings. The second-order valence-electron chi connectivity index (χ2n) is 6.24. The van der Waals surface area contributed by atoms with Crippen LogP contribution in [0, 0.1) is 5.82 Å². The van der Waals surface area contributed by atoms with E-state index in [9.17, 15) is 19.1 Å². The fraction of sp³-hybridized carbons (Fsp3) is 0.375. The van der Waals surface area contributed by atoms with Gasteiger partial charge in [0.15, 0.2) is 0 Å². The van der Waals surface area contributed by atoms with Crippen molar-refractivity contribution in [3.63, 3.8) is 0 Å². The molecule has 2 rings (SSSR count). The lowest BCUT2D eigenvalue weighted by molar-refractivity contribution is -0.139. The van der Waals surface area contributed by atoms with Crippen LogP contribution < -0.4 is 5.32 Å². The van der Waals surface area contributed by atoms with E-state index in [1.54, 1.807) is 33.0 Å². The van der Waals surface area contributed by atoms with Crippen molar-refractivity contribution in [1.82, 2.24) is 10.3 Å². The Morgan fingerprint density at radius 1 is 1.39 bits per heavy atom. The largest absolute Gasteiger partial charge is 0.480 e. The Bertz CT molecular complexity index is 733. The predicted octanol–water partition coefficient (Wildman–Crippen LogP) is 2.83. The molecule has 0 radical (unpaired) electrons. The summed E-state index contributed by atoms with van der Waals surface area (Å²) >= 11 is 0. The monoisotopic (exact) mass is 322 g/mol. The summed E-state index contributed by atoms with van der Waals surface area (Å²) in [5.41, 5.74) is 0.572. The van der Waals surface area contributed by atoms with E-state index in [1.807, 2.05) is 0 Å². The van der Waals surface area contributed by atoms with Gasteiger partial charge in [-0.1, -0.05) is 0 Å². The van der Waals surface area contributed by atoms with Crippen molar-refractivity contribution in [3.8, 4) is 0 Å². The topological polar surface area (TPSA) is 91.4 Å². The molecule has 0 aliphatic heterocycles. The Balaban J connectivity index is 2.17. The molecule has 0 spiro atoms. The van der Waals surface area contributed by atoms with Crippen molar-refractivity contribution in [2.24, 2.45) is 0 Å². The average molecular weight is 322 g/mol. The van der Waals surface area contributed by atoms with E-state index in [0.29, 0.717) is 16.5 Å². The van der Waals surface area contributed by atoms with Gasteiger partial charge in [-0.05, 0) is 44.5 Å². The molecule has 1 atom stereocenters. The van der Waals surface area contributed by atoms with E-state index >= 15 is 0 Å². The zero-order chi connectivity index (χ0) is 17.2. The number of H-pyrrole nitrogens is 1. The van der Waals surface area contributed by atoms with Crippen LogP contribution in [0.25, 0.3) is 10.9 Å². The van der Waals surface area contributed by atoms with Crippen LogP contribution in [0.2, 0.25) is 0 Å². The Morgan fingerprint density at radius 2 is 2.09 bits per heavy atom. The first-order valence-corrected chi connectivity index (χ1v) is 7.13. The summed E-state index contributed by atoms with van der Waals surface area (Å²) in [5.74, 6) is -1.60. The van der Waals surface area contributed by atoms with E-state index in [1.165, 1.54) is 12.1 Å². The number of carboxylic acids is 1. The third kappa shape index (κ3) is 4.45. The Labute approximate surface area is 132 Å². The standard InChI is InChI=1S/C16H19FN2O4/c1-16(2,3)23-15(22)19-13(14(20)21)6-9-8-18-12-5-4-10(17)7-11(9)12/h4-5,7-8,13,18H,6H2,1-3H3,(H,19,22)(H,20,21). The number of aromatic nitrogens is 1. The van der Waals surface area contributed by atoms with Crippen molar-refractivity contribution >= 4 is 23.0 Å². The summed E-state index contributed by atoms with van der Waals surface area (Å²) in [7, 11) is 0. The molecule has 124 valence electrons. The van der Waals surface area contributed by atoms with Crippen molar-refractivity contribution in [2.75, 3.05) is 0 Å². The van der Waals surface area contributed by atoms with Crippen LogP contribution >= 0.6 is 0 Å². The molecule has 7 heteroatoms. The maximum atomic E-state index is 13.4. The number of aliphatic carboxylic acids is 1. The molecule has 1 aromatic heterocycles. The van der Waals surface area contributed by atoms with E-state index in [4.69, 9.17) is 4.74 Å². The van der Waals surface area contributed by atoms with Gasteiger partial charge >= 0.3 is 12.1 Å². The maximum Gasteiger partial charge on any atom is 0.408 e. The summed E-state index contributed by atoms with van der Waals surface area (Å²) < 4.78 is 18.4. The van der Waals surface area contributed by atoms with E-state index < -0.39 is 29.5 Å². The fourth-order valence-corrected chi connectivity index (χ4v) is 2.19. The van der Waals surface area contributed by atoms with Crippen LogP contribution in [0.3, 0.4) is 0 Å². The molecule has 0 bridgehead atoms. The van der Waals surface area contributed by atoms with E-state index in [-0.39, 0.29) is 6.42 Å². The minimum Gasteiger partial charge on any atom is -0.480 e. The maximum absolute atomic E-state index is 13.4. The van der Waals surface area contributed by atoms with Gasteiger partial charge in [0, 0.05) is 23.5 Å². The first-order valence-electron chi connectivity index (χ1n) is 7.13. The number of fused-ring (bicyclic) bond motifs is 1. The Hall–Kier alpha value is -2.57. The van der Waals surface area contributed by atoms with Gasteiger partial charge in [0.2, 0.25) is 0 Å². The number of carbonyl (C=O) groups is 2. The third-order valence-corrected chi connectivity index (χ3v) is 3.14. The molecule has 1 unspecified atom stereocenters. The van der Waals surface area contributed by atoms with E-state index in [2.05, 4.69) is 10.3 Å². The van der Waals surface area contributed by atoms with Gasteiger partial charge in [-0.2, -0.15) is 0 Å². The average Bonchev–Trinajstić information content (AvgIpc) is 2.78. The van der Waals surface area contributed by atoms with Gasteiger partial charge in [-0.3, -0.25) is 0 Å². The highest BCUT2D eigenvalue weighted by Crippen LogP contribution is 2.21. The van der Waals surface area contributed by atoms with Gasteiger partial charge in [0.1, 0.15) is 17.5 Å². The highest BCUT2D eigenvalue weighted by atomic mass is 19.1. The van der Waals surface area contributed by atoms with Crippen LogP contribution in [0.4, 0.5) is 9.18 Å². The molecule has 0 saturated carbocycles. The molecule has 6 nitrogen and oxygen atoms in total. The minimum atomic E-state index is -1.19. The van der Waals surface area contributed by atoms with E-state index in [0.717, 1.165) is 0 Å². The van der Waals surface area contributed by atoms with Crippen LogP contribution in [0.1, 0.15) is 26.3 Å². The van der Waals surface area contributed by atoms with Gasteiger partial charge in [0.25, 0.3) is 0 Å². The normalized spacial score (nSPS) is 12.9. The van der Waals surface area contributed by atoms with Crippen molar-refractivity contribution in [3.05, 3.63) is 35.8 Å². The lowest BCUT2D eigenvalue weighted by Gasteiger charge is -2.22. The van der Waals surface area contributed by atoms with Gasteiger partial charge in [0.05, 0.1) is 0 Å². The summed E-state index contributed by atoms with van der Waals surface area (Å²) in [6.07, 6.45) is 0.811. The molecule has 1 amide bonds. The first-order chi connectivity index (χ1) is 10.7. The minimum absolute atomic E-state index is 0.0119. The van der Waals surface area contributed by atoms with Crippen LogP contribution in [0.5, 0.6) is 0 Å². The van der Waals surface area contributed by atoms with Gasteiger partial charge in [-0.25, -0.2) is 14.0 Å². The van der Waals surface area contributed by atoms with Gasteiger partial charge < -0.3 is 20.1 Å². The summed E-state index contributed by atoms with van der Waals surface area (Å²) in [4.78, 5) is 26.1. The van der Waals surface area contributed by atoms with Crippen molar-refractivity contribution < 1.29 is 23.8 Å². The fourth-order valence-electron chi connectivity index (χ4n) is 2.19. The molecule has 0 aliphatic carbocycles. The highest BCUT2D eigenvalue weighted by molar-refractivity contribution is 5.85. The summed E-state index contributed by atoms with van der Waals surface area (Å²) in [5, 5.41) is 12.2. The number of alkyl carbamates (subject to hydrolysis) is 1. The number of benzene rings is 1. The highest BCUT2D eigenvalue weighted by Gasteiger charge is 2.25. The van der Waals surface area contributed by atoms with Crippen molar-refractivity contribution in [1.29, 1.82) is 0 Å². The summed E-state index contributed by atoms with van der Waals surface area (Å²) in [6, 6.07) is 3.04. The molecule has 3 N–H and O–H groups in total. The lowest BCUT2D eigenvalue weighted by atomic mass is 10.1. The molecule has 23 heavy (non-hydrogen) atoms. The summed E-state index contributed by atoms with van der Waals surface area (Å²) in [6.45, 7) is 5.06. The number of nitrogens with one attached hydrogen (secondary N) is 2. The molecular formula is C16H19FN2O4. The second-order valence-corrected chi connectivity index (χ2v) is 6.24. The molecule has 0 saturated heterocycles. The Morgan fingerprint density at radius 3 is 2.70 bits per heavy atom. The number of aromatic amines is 1. The molecule has 2 aromatic rings. The lowest BCUT2D eigenvalue weighted by Crippen LogP contribution is -2.44. The van der Waals surface area contributed by atoms with Crippen molar-refractivity contribution in [2.45, 2.75) is 38.8 Å². The number of carbonyl (C=O) groups excluding carboxylic acids is 1. The van der Waals surface area contributed by atoms with Crippen LogP contribution in [0.15, 0.2) is 24.4 Å². The number of carboxylic acid groups (broad SMARTS) is 1. The van der Waals surface area contributed by atoms with Gasteiger partial charge in [-0.15, -0.1) is 0 Å². The zero-order valence-electron chi connectivity index (χ0n) is 13.1. The molecule has 1 aromatic carbocycles. The number of halogens is 1. The number of hydrogen-bond acceptors (Lipinski definition) is 3. The molecular weight excluding hydrogens is 303 g/mol. The first kappa shape index (κ1) is 16.8. The third-order valence-electron chi connectivity index (χ3n) is 3.14. The number of ether oxygens (including phenoxy) is 1. The number of rotatable bonds is 4. The zero-order valence-corrected chi connectivity index (χ0v) is 13.1. The smallest absolute Gasteiger partial charge is 0.408 e. The Kier molecular flexibility index (Phi) is 4.58. The quantitative estimate of drug-likeness (QED) is 0.807. The number of amides is 1. The van der Waals surface area contributed by atoms with Crippen LogP contribution in [-0.4, -0.2) is 33.8 Å². The molecule has 0 fully saturated rings. The number of hydrogen-bond donors (Lipinski definition) is 3. The SMILES string of the molecule is CC(C)(C)OC(=O)NC(Cc1c[nH]c2ccc(F)cc12)C(=O)O.